The van der Waals surface area contributed by atoms with E-state index in [2.05, 4.69) is 25.2 Å². The highest BCUT2D eigenvalue weighted by molar-refractivity contribution is 5.74. The zero-order chi connectivity index (χ0) is 18.1. The van der Waals surface area contributed by atoms with Gasteiger partial charge in [-0.1, -0.05) is 80.5 Å². The molecule has 134 valence electrons. The number of aliphatic carboxylic acids is 1. The normalized spacial score (nSPS) is 13.5. The first-order valence-electron chi connectivity index (χ1n) is 8.47. The Morgan fingerprint density at radius 3 is 2.04 bits per heavy atom. The van der Waals surface area contributed by atoms with Crippen LogP contribution in [0.5, 0.6) is 0 Å². The minimum absolute atomic E-state index is 0.218. The lowest BCUT2D eigenvalue weighted by atomic mass is 10.1. The van der Waals surface area contributed by atoms with E-state index < -0.39 is 11.8 Å². The van der Waals surface area contributed by atoms with Gasteiger partial charge in [-0.05, 0) is 25.7 Å². The first-order valence-corrected chi connectivity index (χ1v) is 8.47. The maximum atomic E-state index is 10.5. The Labute approximate surface area is 145 Å². The lowest BCUT2D eigenvalue weighted by Crippen LogP contribution is -2.37. The van der Waals surface area contributed by atoms with Crippen molar-refractivity contribution >= 4 is 5.97 Å². The van der Waals surface area contributed by atoms with Crippen LogP contribution in [-0.4, -0.2) is 27.1 Å². The molecule has 0 aliphatic rings. The fourth-order valence-corrected chi connectivity index (χ4v) is 1.74. The summed E-state index contributed by atoms with van der Waals surface area (Å²) in [5.41, 5.74) is 0. The van der Waals surface area contributed by atoms with E-state index in [-0.39, 0.29) is 6.42 Å². The molecule has 3 N–H and O–H groups in total. The maximum absolute atomic E-state index is 10.5. The summed E-state index contributed by atoms with van der Waals surface area (Å²) >= 11 is 0. The number of carboxylic acids is 1. The first-order chi connectivity index (χ1) is 11.5. The molecule has 0 fully saturated rings. The number of hydrogen-bond acceptors (Lipinski definition) is 3. The molecule has 0 saturated carbocycles. The predicted molar refractivity (Wildman–Crippen MR) is 98.5 cm³/mol. The molecule has 0 aliphatic heterocycles. The van der Waals surface area contributed by atoms with E-state index >= 15 is 0 Å². The van der Waals surface area contributed by atoms with Gasteiger partial charge >= 0.3 is 5.97 Å². The SMILES string of the molecule is CCCC/C=C/C=C/C=C\C/C=C\C/C=C\CCC(O)(O)C(=O)O. The van der Waals surface area contributed by atoms with E-state index in [9.17, 15) is 4.79 Å². The van der Waals surface area contributed by atoms with Crippen LogP contribution >= 0.6 is 0 Å². The zero-order valence-corrected chi connectivity index (χ0v) is 14.5. The third kappa shape index (κ3) is 13.7. The van der Waals surface area contributed by atoms with Gasteiger partial charge in [0.05, 0.1) is 0 Å². The van der Waals surface area contributed by atoms with Crippen molar-refractivity contribution in [3.8, 4) is 0 Å². The molecule has 0 aromatic heterocycles. The third-order valence-corrected chi connectivity index (χ3v) is 3.21. The van der Waals surface area contributed by atoms with E-state index in [0.717, 1.165) is 19.3 Å². The average Bonchev–Trinajstić information content (AvgIpc) is 2.54. The van der Waals surface area contributed by atoms with Crippen molar-refractivity contribution in [2.45, 2.75) is 57.7 Å². The fraction of sp³-hybridized carbons (Fsp3) is 0.450. The monoisotopic (exact) mass is 334 g/mol. The van der Waals surface area contributed by atoms with Crippen LogP contribution in [0.3, 0.4) is 0 Å². The summed E-state index contributed by atoms with van der Waals surface area (Å²) in [5, 5.41) is 26.7. The molecule has 4 heteroatoms. The summed E-state index contributed by atoms with van der Waals surface area (Å²) in [6.45, 7) is 2.18. The molecule has 0 spiro atoms. The predicted octanol–water partition coefficient (Wildman–Crippen LogP) is 4.28. The van der Waals surface area contributed by atoms with Crippen molar-refractivity contribution in [2.75, 3.05) is 0 Å². The smallest absolute Gasteiger partial charge is 0.364 e. The van der Waals surface area contributed by atoms with Crippen LogP contribution in [-0.2, 0) is 4.79 Å². The number of aliphatic hydroxyl groups is 2. The van der Waals surface area contributed by atoms with Crippen LogP contribution in [0.4, 0.5) is 0 Å². The van der Waals surface area contributed by atoms with Crippen LogP contribution in [0, 0.1) is 0 Å². The molecule has 0 aromatic rings. The summed E-state index contributed by atoms with van der Waals surface area (Å²) in [6, 6.07) is 0. The highest BCUT2D eigenvalue weighted by Gasteiger charge is 2.31. The van der Waals surface area contributed by atoms with Gasteiger partial charge in [0.25, 0.3) is 5.79 Å². The lowest BCUT2D eigenvalue weighted by Gasteiger charge is -2.14. The zero-order valence-electron chi connectivity index (χ0n) is 14.5. The van der Waals surface area contributed by atoms with Gasteiger partial charge in [-0.2, -0.15) is 0 Å². The molecular weight excluding hydrogens is 304 g/mol. The summed E-state index contributed by atoms with van der Waals surface area (Å²) < 4.78 is 0. The molecule has 24 heavy (non-hydrogen) atoms. The minimum Gasteiger partial charge on any atom is -0.477 e. The van der Waals surface area contributed by atoms with Crippen LogP contribution < -0.4 is 0 Å². The lowest BCUT2D eigenvalue weighted by molar-refractivity contribution is -0.205. The van der Waals surface area contributed by atoms with Crippen molar-refractivity contribution in [3.05, 3.63) is 60.8 Å². The van der Waals surface area contributed by atoms with Gasteiger partial charge in [0.1, 0.15) is 0 Å². The average molecular weight is 334 g/mol. The van der Waals surface area contributed by atoms with E-state index in [0.29, 0.717) is 6.42 Å². The molecule has 0 aliphatic carbocycles. The van der Waals surface area contributed by atoms with Gasteiger partial charge in [0, 0.05) is 6.42 Å². The second-order valence-electron chi connectivity index (χ2n) is 5.46. The van der Waals surface area contributed by atoms with Gasteiger partial charge in [-0.3, -0.25) is 0 Å². The molecule has 0 bridgehead atoms. The number of rotatable bonds is 13. The summed E-state index contributed by atoms with van der Waals surface area (Å²) in [4.78, 5) is 10.5. The molecular formula is C20H30O4. The Kier molecular flexibility index (Phi) is 13.5. The summed E-state index contributed by atoms with van der Waals surface area (Å²) in [7, 11) is 0. The summed E-state index contributed by atoms with van der Waals surface area (Å²) in [5.74, 6) is -4.25. The molecule has 0 radical (unpaired) electrons. The molecule has 0 unspecified atom stereocenters. The number of unbranched alkanes of at least 4 members (excludes halogenated alkanes) is 2. The largest absolute Gasteiger partial charge is 0.477 e. The molecule has 0 heterocycles. The number of carboxylic acid groups (broad SMARTS) is 1. The topological polar surface area (TPSA) is 77.8 Å². The van der Waals surface area contributed by atoms with Crippen LogP contribution in [0.1, 0.15) is 51.9 Å². The first kappa shape index (κ1) is 22.1. The van der Waals surface area contributed by atoms with Gasteiger partial charge in [-0.15, -0.1) is 0 Å². The second kappa shape index (κ2) is 14.7. The molecule has 0 rings (SSSR count). The summed E-state index contributed by atoms with van der Waals surface area (Å²) in [6.07, 6.45) is 25.3. The van der Waals surface area contributed by atoms with Crippen molar-refractivity contribution in [2.24, 2.45) is 0 Å². The van der Waals surface area contributed by atoms with Gasteiger partial charge in [0.2, 0.25) is 0 Å². The van der Waals surface area contributed by atoms with E-state index in [1.54, 1.807) is 6.08 Å². The Bertz CT molecular complexity index is 468. The maximum Gasteiger partial charge on any atom is 0.364 e. The van der Waals surface area contributed by atoms with Crippen LogP contribution in [0.25, 0.3) is 0 Å². The highest BCUT2D eigenvalue weighted by Crippen LogP contribution is 2.09. The molecule has 0 aromatic carbocycles. The standard InChI is InChI=1S/C20H30O4/c1-2-3-4-5-6-7-8-9-10-11-12-13-14-15-16-17-18-20(23,24)19(21)22/h5-10,12-13,15-16,23-24H,2-4,11,14,17-18H2,1H3,(H,21,22)/b6-5+,8-7+,10-9-,13-12-,16-15-. The van der Waals surface area contributed by atoms with Crippen LogP contribution in [0.15, 0.2) is 60.8 Å². The Morgan fingerprint density at radius 2 is 1.42 bits per heavy atom. The highest BCUT2D eigenvalue weighted by atomic mass is 16.5. The third-order valence-electron chi connectivity index (χ3n) is 3.21. The fourth-order valence-electron chi connectivity index (χ4n) is 1.74. The number of allylic oxidation sites excluding steroid dienone is 10. The van der Waals surface area contributed by atoms with Crippen molar-refractivity contribution in [1.29, 1.82) is 0 Å². The van der Waals surface area contributed by atoms with Gasteiger partial charge < -0.3 is 15.3 Å². The van der Waals surface area contributed by atoms with Crippen molar-refractivity contribution in [1.82, 2.24) is 0 Å². The molecule has 0 amide bonds. The number of carbonyl (C=O) groups is 1. The Balaban J connectivity index is 3.70. The minimum atomic E-state index is -2.64. The number of hydrogen-bond donors (Lipinski definition) is 3. The van der Waals surface area contributed by atoms with E-state index in [4.69, 9.17) is 15.3 Å². The molecule has 0 atom stereocenters. The van der Waals surface area contributed by atoms with E-state index in [1.807, 2.05) is 36.5 Å². The molecule has 4 nitrogen and oxygen atoms in total. The van der Waals surface area contributed by atoms with Crippen molar-refractivity contribution < 1.29 is 20.1 Å². The Morgan fingerprint density at radius 1 is 0.833 bits per heavy atom. The van der Waals surface area contributed by atoms with Crippen molar-refractivity contribution in [3.63, 3.8) is 0 Å². The molecule has 0 saturated heterocycles. The second-order valence-corrected chi connectivity index (χ2v) is 5.46. The van der Waals surface area contributed by atoms with Crippen LogP contribution in [0.2, 0.25) is 0 Å². The quantitative estimate of drug-likeness (QED) is 0.203. The van der Waals surface area contributed by atoms with E-state index in [1.165, 1.54) is 12.8 Å². The Hall–Kier alpha value is -1.91. The van der Waals surface area contributed by atoms with Gasteiger partial charge in [-0.25, -0.2) is 4.79 Å². The van der Waals surface area contributed by atoms with Gasteiger partial charge in [0.15, 0.2) is 0 Å².